The Balaban J connectivity index is 1.41. The number of carbonyl (C=O) groups is 3. The van der Waals surface area contributed by atoms with E-state index >= 15 is 0 Å². The molecule has 0 aliphatic carbocycles. The Morgan fingerprint density at radius 2 is 1.18 bits per heavy atom. The summed E-state index contributed by atoms with van der Waals surface area (Å²) < 4.78 is 21.2. The summed E-state index contributed by atoms with van der Waals surface area (Å²) in [5, 5.41) is 0. The molecule has 2 N–H and O–H groups in total. The number of fused-ring (bicyclic) bond motifs is 1. The Bertz CT molecular complexity index is 630. The number of carbonyl (C=O) groups excluding carboxylic acids is 3. The topological polar surface area (TPSA) is 117 Å². The van der Waals surface area contributed by atoms with Gasteiger partial charge in [0, 0.05) is 6.42 Å². The van der Waals surface area contributed by atoms with Gasteiger partial charge in [-0.15, -0.1) is 0 Å². The van der Waals surface area contributed by atoms with E-state index in [1.54, 1.807) is 24.3 Å². The quantitative estimate of drug-likeness (QED) is 0.334. The number of amides is 3. The molecule has 0 fully saturated rings. The minimum Gasteiger partial charge on any atom is -0.379 e. The molecule has 0 aromatic heterocycles. The fourth-order valence-corrected chi connectivity index (χ4v) is 2.53. The Labute approximate surface area is 163 Å². The van der Waals surface area contributed by atoms with Gasteiger partial charge in [-0.1, -0.05) is 12.1 Å². The standard InChI is InChI=1S/C19H26N2O7/c20-17(22)5-7-25-9-11-27-13-14-28-12-10-26-8-6-21-18(23)15-3-1-2-4-16(15)19(21)24/h1-4H,5-14H2,(H2,20,22). The molecule has 0 spiro atoms. The number of rotatable bonds is 15. The molecule has 154 valence electrons. The van der Waals surface area contributed by atoms with E-state index in [1.807, 2.05) is 0 Å². The zero-order chi connectivity index (χ0) is 20.2. The SMILES string of the molecule is NC(=O)CCOCCOCCOCCOCCN1C(=O)c2ccccc2C1=O. The summed E-state index contributed by atoms with van der Waals surface area (Å²) in [7, 11) is 0. The number of nitrogens with zero attached hydrogens (tertiary/aromatic N) is 1. The van der Waals surface area contributed by atoms with Crippen LogP contribution in [0.3, 0.4) is 0 Å². The van der Waals surface area contributed by atoms with Gasteiger partial charge in [0.2, 0.25) is 5.91 Å². The van der Waals surface area contributed by atoms with E-state index in [1.165, 1.54) is 4.90 Å². The third-order valence-corrected chi connectivity index (χ3v) is 3.95. The second-order valence-corrected chi connectivity index (χ2v) is 5.97. The van der Waals surface area contributed by atoms with E-state index in [-0.39, 0.29) is 37.3 Å². The minimum atomic E-state index is -0.389. The first kappa shape index (κ1) is 22.0. The van der Waals surface area contributed by atoms with Crippen LogP contribution in [-0.4, -0.2) is 82.0 Å². The van der Waals surface area contributed by atoms with Crippen molar-refractivity contribution in [1.29, 1.82) is 0 Å². The Morgan fingerprint density at radius 3 is 1.64 bits per heavy atom. The van der Waals surface area contributed by atoms with Crippen LogP contribution in [0.5, 0.6) is 0 Å². The molecule has 2 rings (SSSR count). The molecule has 1 aromatic rings. The van der Waals surface area contributed by atoms with Crippen molar-refractivity contribution in [2.24, 2.45) is 5.73 Å². The molecule has 0 radical (unpaired) electrons. The molecule has 9 heteroatoms. The molecule has 1 aromatic carbocycles. The average Bonchev–Trinajstić information content (AvgIpc) is 2.93. The van der Waals surface area contributed by atoms with Gasteiger partial charge in [0.1, 0.15) is 0 Å². The molecule has 0 atom stereocenters. The summed E-state index contributed by atoms with van der Waals surface area (Å²) in [6.07, 6.45) is 0.204. The van der Waals surface area contributed by atoms with Crippen LogP contribution in [0.1, 0.15) is 27.1 Å². The van der Waals surface area contributed by atoms with Gasteiger partial charge in [0.25, 0.3) is 11.8 Å². The molecule has 1 aliphatic rings. The molecule has 0 unspecified atom stereocenters. The molecule has 0 saturated heterocycles. The number of primary amides is 1. The number of hydrogen-bond donors (Lipinski definition) is 1. The third-order valence-electron chi connectivity index (χ3n) is 3.95. The lowest BCUT2D eigenvalue weighted by Gasteiger charge is -2.13. The highest BCUT2D eigenvalue weighted by Crippen LogP contribution is 2.21. The van der Waals surface area contributed by atoms with Crippen LogP contribution in [0, 0.1) is 0 Å². The molecule has 9 nitrogen and oxygen atoms in total. The summed E-state index contributed by atoms with van der Waals surface area (Å²) in [5.41, 5.74) is 5.86. The second-order valence-electron chi connectivity index (χ2n) is 5.97. The van der Waals surface area contributed by atoms with Crippen LogP contribution in [0.25, 0.3) is 0 Å². The summed E-state index contributed by atoms with van der Waals surface area (Å²) in [6, 6.07) is 6.78. The van der Waals surface area contributed by atoms with Gasteiger partial charge in [-0.25, -0.2) is 0 Å². The van der Waals surface area contributed by atoms with E-state index in [2.05, 4.69) is 0 Å². The normalized spacial score (nSPS) is 13.2. The maximum Gasteiger partial charge on any atom is 0.261 e. The van der Waals surface area contributed by atoms with Gasteiger partial charge >= 0.3 is 0 Å². The van der Waals surface area contributed by atoms with Crippen molar-refractivity contribution < 1.29 is 33.3 Å². The minimum absolute atomic E-state index is 0.204. The Kier molecular flexibility index (Phi) is 9.56. The predicted octanol–water partition coefficient (Wildman–Crippen LogP) is 0.224. The summed E-state index contributed by atoms with van der Waals surface area (Å²) in [5.74, 6) is -0.951. The maximum atomic E-state index is 12.2. The van der Waals surface area contributed by atoms with E-state index in [9.17, 15) is 14.4 Å². The van der Waals surface area contributed by atoms with E-state index in [0.29, 0.717) is 57.4 Å². The van der Waals surface area contributed by atoms with Crippen LogP contribution in [0.15, 0.2) is 24.3 Å². The monoisotopic (exact) mass is 394 g/mol. The van der Waals surface area contributed by atoms with Gasteiger partial charge < -0.3 is 24.7 Å². The van der Waals surface area contributed by atoms with Gasteiger partial charge in [-0.05, 0) is 12.1 Å². The molecule has 0 saturated carbocycles. The molecule has 1 aliphatic heterocycles. The van der Waals surface area contributed by atoms with E-state index < -0.39 is 0 Å². The molecular weight excluding hydrogens is 368 g/mol. The van der Waals surface area contributed by atoms with Gasteiger partial charge in [-0.3, -0.25) is 19.3 Å². The van der Waals surface area contributed by atoms with Crippen molar-refractivity contribution in [1.82, 2.24) is 4.90 Å². The highest BCUT2D eigenvalue weighted by molar-refractivity contribution is 6.21. The molecular formula is C19H26N2O7. The first-order chi connectivity index (χ1) is 13.6. The van der Waals surface area contributed by atoms with Crippen molar-refractivity contribution in [3.63, 3.8) is 0 Å². The van der Waals surface area contributed by atoms with E-state index in [0.717, 1.165) is 0 Å². The number of ether oxygens (including phenoxy) is 4. The van der Waals surface area contributed by atoms with Crippen molar-refractivity contribution in [3.8, 4) is 0 Å². The highest BCUT2D eigenvalue weighted by atomic mass is 16.6. The first-order valence-corrected chi connectivity index (χ1v) is 9.15. The van der Waals surface area contributed by atoms with Gasteiger partial charge in [0.15, 0.2) is 0 Å². The van der Waals surface area contributed by atoms with Crippen molar-refractivity contribution in [2.45, 2.75) is 6.42 Å². The lowest BCUT2D eigenvalue weighted by atomic mass is 10.1. The van der Waals surface area contributed by atoms with Crippen molar-refractivity contribution >= 4 is 17.7 Å². The zero-order valence-corrected chi connectivity index (χ0v) is 15.8. The van der Waals surface area contributed by atoms with Gasteiger partial charge in [-0.2, -0.15) is 0 Å². The number of nitrogens with two attached hydrogens (primary N) is 1. The van der Waals surface area contributed by atoms with Crippen LogP contribution in [0.2, 0.25) is 0 Å². The van der Waals surface area contributed by atoms with Crippen LogP contribution in [-0.2, 0) is 23.7 Å². The van der Waals surface area contributed by atoms with Crippen LogP contribution < -0.4 is 5.73 Å². The Morgan fingerprint density at radius 1 is 0.750 bits per heavy atom. The number of imide groups is 1. The lowest BCUT2D eigenvalue weighted by Crippen LogP contribution is -2.33. The highest BCUT2D eigenvalue weighted by Gasteiger charge is 2.34. The summed E-state index contributed by atoms with van der Waals surface area (Å²) in [6.45, 7) is 3.18. The lowest BCUT2D eigenvalue weighted by molar-refractivity contribution is -0.119. The van der Waals surface area contributed by atoms with Crippen molar-refractivity contribution in [2.75, 3.05) is 59.4 Å². The molecule has 3 amide bonds. The fraction of sp³-hybridized carbons (Fsp3) is 0.526. The first-order valence-electron chi connectivity index (χ1n) is 9.15. The van der Waals surface area contributed by atoms with E-state index in [4.69, 9.17) is 24.7 Å². The number of benzene rings is 1. The second kappa shape index (κ2) is 12.2. The van der Waals surface area contributed by atoms with Crippen LogP contribution in [0.4, 0.5) is 0 Å². The largest absolute Gasteiger partial charge is 0.379 e. The summed E-state index contributed by atoms with van der Waals surface area (Å²) in [4.78, 5) is 36.0. The zero-order valence-electron chi connectivity index (χ0n) is 15.8. The number of hydrogen-bond acceptors (Lipinski definition) is 7. The predicted molar refractivity (Wildman–Crippen MR) is 98.9 cm³/mol. The smallest absolute Gasteiger partial charge is 0.261 e. The average molecular weight is 394 g/mol. The fourth-order valence-electron chi connectivity index (χ4n) is 2.53. The van der Waals surface area contributed by atoms with Crippen molar-refractivity contribution in [3.05, 3.63) is 35.4 Å². The molecule has 28 heavy (non-hydrogen) atoms. The van der Waals surface area contributed by atoms with Gasteiger partial charge in [0.05, 0.1) is 70.5 Å². The Hall–Kier alpha value is -2.33. The molecule has 0 bridgehead atoms. The maximum absolute atomic E-state index is 12.2. The van der Waals surface area contributed by atoms with Crippen LogP contribution >= 0.6 is 0 Å². The summed E-state index contributed by atoms with van der Waals surface area (Å²) >= 11 is 0. The molecule has 1 heterocycles. The third kappa shape index (κ3) is 7.01.